The molecule has 0 aromatic heterocycles. The van der Waals surface area contributed by atoms with E-state index in [0.717, 1.165) is 19.3 Å². The SMILES string of the molecule is O=CC(CCNP)NP(P)P. The fourth-order valence-corrected chi connectivity index (χ4v) is 2.48. The normalized spacial score (nSPS) is 13.5. The molecule has 0 fully saturated rings. The van der Waals surface area contributed by atoms with Gasteiger partial charge in [0, 0.05) is 6.54 Å². The van der Waals surface area contributed by atoms with E-state index in [-0.39, 0.29) is 13.5 Å². The molecule has 2 N–H and O–H groups in total. The van der Waals surface area contributed by atoms with Crippen molar-refractivity contribution in [2.45, 2.75) is 12.5 Å². The first-order chi connectivity index (χ1) is 5.20. The molecule has 11 heavy (non-hydrogen) atoms. The van der Waals surface area contributed by atoms with E-state index < -0.39 is 0 Å². The van der Waals surface area contributed by atoms with Crippen molar-refractivity contribution in [3.63, 3.8) is 0 Å². The third-order valence-corrected chi connectivity index (χ3v) is 2.89. The smallest absolute Gasteiger partial charge is 0.137 e. The highest BCUT2D eigenvalue weighted by Gasteiger charge is 2.06. The molecule has 0 heterocycles. The number of hydrogen-bond acceptors (Lipinski definition) is 3. The quantitative estimate of drug-likeness (QED) is 0.526. The summed E-state index contributed by atoms with van der Waals surface area (Å²) in [6.45, 7) is 0.833. The summed E-state index contributed by atoms with van der Waals surface area (Å²) in [5.41, 5.74) is 0. The molecule has 0 bridgehead atoms. The Morgan fingerprint density at radius 1 is 1.55 bits per heavy atom. The van der Waals surface area contributed by atoms with Crippen LogP contribution >= 0.6 is 34.7 Å². The Morgan fingerprint density at radius 3 is 2.55 bits per heavy atom. The van der Waals surface area contributed by atoms with Crippen LogP contribution in [0.2, 0.25) is 0 Å². The zero-order valence-corrected chi connectivity index (χ0v) is 10.5. The molecule has 7 heteroatoms. The highest BCUT2D eigenvalue weighted by Crippen LogP contribution is 2.48. The van der Waals surface area contributed by atoms with Gasteiger partial charge in [0.05, 0.1) is 6.04 Å². The lowest BCUT2D eigenvalue weighted by molar-refractivity contribution is -0.109. The minimum atomic E-state index is -0.345. The van der Waals surface area contributed by atoms with Gasteiger partial charge in [-0.1, -0.05) is 27.2 Å². The summed E-state index contributed by atoms with van der Waals surface area (Å²) in [4.78, 5) is 10.4. The van der Waals surface area contributed by atoms with E-state index in [4.69, 9.17) is 0 Å². The zero-order chi connectivity index (χ0) is 8.69. The van der Waals surface area contributed by atoms with Gasteiger partial charge in [-0.05, 0) is 13.9 Å². The van der Waals surface area contributed by atoms with Gasteiger partial charge in [0.1, 0.15) is 6.29 Å². The van der Waals surface area contributed by atoms with Crippen LogP contribution in [0.1, 0.15) is 6.42 Å². The summed E-state index contributed by atoms with van der Waals surface area (Å²) in [5.74, 6) is 0. The maximum atomic E-state index is 10.4. The van der Waals surface area contributed by atoms with Gasteiger partial charge in [-0.2, -0.15) is 0 Å². The number of aldehydes is 1. The average molecular weight is 230 g/mol. The molecule has 0 saturated carbocycles. The van der Waals surface area contributed by atoms with Gasteiger partial charge in [-0.25, -0.2) is 0 Å². The van der Waals surface area contributed by atoms with Crippen LogP contribution in [0.4, 0.5) is 0 Å². The summed E-state index contributed by atoms with van der Waals surface area (Å²) in [6, 6.07) is -0.0239. The van der Waals surface area contributed by atoms with Gasteiger partial charge in [-0.3, -0.25) is 5.09 Å². The Labute approximate surface area is 75.5 Å². The standard InChI is InChI=1S/C4H14N2OP4/c7-3-4(1-2-5-8)6-11(9)10/h3-6H,1-2,8-10H2. The molecule has 0 amide bonds. The van der Waals surface area contributed by atoms with Gasteiger partial charge >= 0.3 is 0 Å². The molecule has 0 saturated heterocycles. The molecule has 4 unspecified atom stereocenters. The van der Waals surface area contributed by atoms with Crippen LogP contribution < -0.4 is 10.2 Å². The Balaban J connectivity index is 3.49. The first-order valence-electron chi connectivity index (χ1n) is 3.15. The van der Waals surface area contributed by atoms with Crippen molar-refractivity contribution in [2.24, 2.45) is 0 Å². The molecule has 0 radical (unpaired) electrons. The van der Waals surface area contributed by atoms with Crippen LogP contribution in [0.5, 0.6) is 0 Å². The fourth-order valence-electron chi connectivity index (χ4n) is 0.593. The van der Waals surface area contributed by atoms with Gasteiger partial charge in [0.25, 0.3) is 0 Å². The van der Waals surface area contributed by atoms with E-state index in [1.54, 1.807) is 0 Å². The fraction of sp³-hybridized carbons (Fsp3) is 0.750. The average Bonchev–Trinajstić information content (AvgIpc) is 1.97. The van der Waals surface area contributed by atoms with Crippen LogP contribution in [-0.2, 0) is 4.79 Å². The van der Waals surface area contributed by atoms with Crippen molar-refractivity contribution >= 4 is 41.0 Å². The second kappa shape index (κ2) is 7.93. The van der Waals surface area contributed by atoms with E-state index in [1.165, 1.54) is 0 Å². The lowest BCUT2D eigenvalue weighted by Crippen LogP contribution is -2.26. The van der Waals surface area contributed by atoms with Crippen LogP contribution in [0.25, 0.3) is 0 Å². The first kappa shape index (κ1) is 12.3. The molecule has 0 aromatic carbocycles. The molecule has 0 aromatic rings. The number of nitrogens with one attached hydrogen (secondary N) is 2. The molecule has 0 aliphatic heterocycles. The molecule has 0 aliphatic carbocycles. The van der Waals surface area contributed by atoms with Crippen LogP contribution in [-0.4, -0.2) is 18.9 Å². The third kappa shape index (κ3) is 7.66. The van der Waals surface area contributed by atoms with E-state index >= 15 is 0 Å². The molecule has 0 aliphatic rings. The number of carbonyl (C=O) groups is 1. The van der Waals surface area contributed by atoms with Gasteiger partial charge in [0.15, 0.2) is 0 Å². The molecule has 0 spiro atoms. The number of rotatable bonds is 6. The molecule has 66 valence electrons. The Kier molecular flexibility index (Phi) is 8.88. The molecule has 4 atom stereocenters. The maximum absolute atomic E-state index is 10.4. The molecule has 0 rings (SSSR count). The van der Waals surface area contributed by atoms with Crippen molar-refractivity contribution in [2.75, 3.05) is 6.54 Å². The number of carbonyl (C=O) groups excluding carboxylic acids is 1. The molecule has 3 nitrogen and oxygen atoms in total. The first-order valence-corrected chi connectivity index (χ1v) is 8.30. The lowest BCUT2D eigenvalue weighted by atomic mass is 10.2. The van der Waals surface area contributed by atoms with Crippen molar-refractivity contribution in [3.8, 4) is 0 Å². The monoisotopic (exact) mass is 230 g/mol. The van der Waals surface area contributed by atoms with E-state index in [1.807, 2.05) is 0 Å². The van der Waals surface area contributed by atoms with E-state index in [0.29, 0.717) is 0 Å². The summed E-state index contributed by atoms with van der Waals surface area (Å²) in [5, 5.41) is 6.05. The highest BCUT2D eigenvalue weighted by atomic mass is 32.4. The van der Waals surface area contributed by atoms with E-state index in [9.17, 15) is 4.79 Å². The van der Waals surface area contributed by atoms with Gasteiger partial charge in [-0.15, -0.1) is 0 Å². The summed E-state index contributed by atoms with van der Waals surface area (Å²) >= 11 is 0. The van der Waals surface area contributed by atoms with Crippen molar-refractivity contribution in [1.82, 2.24) is 10.2 Å². The minimum absolute atomic E-state index is 0.0239. The maximum Gasteiger partial charge on any atom is 0.137 e. The van der Waals surface area contributed by atoms with Crippen LogP contribution in [0.15, 0.2) is 0 Å². The van der Waals surface area contributed by atoms with Crippen LogP contribution in [0.3, 0.4) is 0 Å². The van der Waals surface area contributed by atoms with E-state index in [2.05, 4.69) is 37.4 Å². The summed E-state index contributed by atoms with van der Waals surface area (Å²) in [6.07, 6.45) is 1.78. The van der Waals surface area contributed by atoms with Crippen molar-refractivity contribution < 1.29 is 4.79 Å². The summed E-state index contributed by atoms with van der Waals surface area (Å²) in [7, 11) is 7.32. The van der Waals surface area contributed by atoms with Crippen molar-refractivity contribution in [1.29, 1.82) is 0 Å². The highest BCUT2D eigenvalue weighted by molar-refractivity contribution is 8.42. The third-order valence-electron chi connectivity index (χ3n) is 1.08. The predicted octanol–water partition coefficient (Wildman–Crippen LogP) is 0.890. The Morgan fingerprint density at radius 2 is 2.18 bits per heavy atom. The Bertz CT molecular complexity index is 112. The summed E-state index contributed by atoms with van der Waals surface area (Å²) < 4.78 is 0. The Hall–Kier alpha value is 1.31. The predicted molar refractivity (Wildman–Crippen MR) is 61.7 cm³/mol. The minimum Gasteiger partial charge on any atom is -0.302 e. The van der Waals surface area contributed by atoms with Crippen LogP contribution in [0, 0.1) is 0 Å². The zero-order valence-electron chi connectivity index (χ0n) is 6.16. The molecular formula is C4H14N2OP4. The topological polar surface area (TPSA) is 41.1 Å². The van der Waals surface area contributed by atoms with Gasteiger partial charge in [0.2, 0.25) is 0 Å². The second-order valence-electron chi connectivity index (χ2n) is 2.02. The number of hydrogen-bond donors (Lipinski definition) is 2. The van der Waals surface area contributed by atoms with Crippen molar-refractivity contribution in [3.05, 3.63) is 0 Å². The second-order valence-corrected chi connectivity index (χ2v) is 8.63. The lowest BCUT2D eigenvalue weighted by Gasteiger charge is -2.14. The largest absolute Gasteiger partial charge is 0.302 e. The van der Waals surface area contributed by atoms with Gasteiger partial charge < -0.3 is 9.88 Å². The molecular weight excluding hydrogens is 216 g/mol.